The topological polar surface area (TPSA) is 6.48 Å². The van der Waals surface area contributed by atoms with Crippen molar-refractivity contribution in [1.82, 2.24) is 9.80 Å². The zero-order chi connectivity index (χ0) is 19.6. The van der Waals surface area contributed by atoms with Crippen molar-refractivity contribution in [2.75, 3.05) is 13.1 Å². The quantitative estimate of drug-likeness (QED) is 0.209. The van der Waals surface area contributed by atoms with Gasteiger partial charge >= 0.3 is 0 Å². The molecule has 0 amide bonds. The van der Waals surface area contributed by atoms with E-state index in [1.165, 1.54) is 116 Å². The van der Waals surface area contributed by atoms with Crippen LogP contribution in [0.4, 0.5) is 0 Å². The Bertz CT molecular complexity index is 339. The van der Waals surface area contributed by atoms with Crippen LogP contribution in [0.15, 0.2) is 12.4 Å². The fourth-order valence-corrected chi connectivity index (χ4v) is 4.41. The van der Waals surface area contributed by atoms with Gasteiger partial charge in [-0.05, 0) is 19.8 Å². The molecule has 1 aliphatic heterocycles. The van der Waals surface area contributed by atoms with Crippen molar-refractivity contribution in [3.8, 4) is 0 Å². The Labute approximate surface area is 171 Å². The molecule has 0 fully saturated rings. The molecule has 0 spiro atoms. The molecule has 27 heavy (non-hydrogen) atoms. The first-order valence-electron chi connectivity index (χ1n) is 12.5. The van der Waals surface area contributed by atoms with E-state index in [2.05, 4.69) is 43.0 Å². The number of rotatable bonds is 19. The second-order valence-corrected chi connectivity index (χ2v) is 8.56. The minimum Gasteiger partial charge on any atom is -0.356 e. The first-order valence-corrected chi connectivity index (χ1v) is 12.5. The molecule has 0 aromatic rings. The third-order valence-corrected chi connectivity index (χ3v) is 6.22. The predicted molar refractivity (Wildman–Crippen MR) is 122 cm³/mol. The molecule has 0 bridgehead atoms. The van der Waals surface area contributed by atoms with Crippen LogP contribution in [0.1, 0.15) is 130 Å². The largest absolute Gasteiger partial charge is 0.356 e. The van der Waals surface area contributed by atoms with Crippen LogP contribution in [-0.2, 0) is 0 Å². The summed E-state index contributed by atoms with van der Waals surface area (Å²) in [5.74, 6) is 0. The summed E-state index contributed by atoms with van der Waals surface area (Å²) >= 11 is 0. The maximum atomic E-state index is 2.55. The van der Waals surface area contributed by atoms with Gasteiger partial charge < -0.3 is 9.80 Å². The van der Waals surface area contributed by atoms with Crippen LogP contribution in [0.2, 0.25) is 0 Å². The molecule has 1 heterocycles. The predicted octanol–water partition coefficient (Wildman–Crippen LogP) is 8.09. The second kappa shape index (κ2) is 17.4. The highest BCUT2D eigenvalue weighted by Crippen LogP contribution is 2.19. The Kier molecular flexibility index (Phi) is 15.7. The van der Waals surface area contributed by atoms with Gasteiger partial charge in [0.15, 0.2) is 0 Å². The van der Waals surface area contributed by atoms with Gasteiger partial charge in [0.25, 0.3) is 0 Å². The van der Waals surface area contributed by atoms with E-state index < -0.39 is 0 Å². The van der Waals surface area contributed by atoms with Gasteiger partial charge in [0.05, 0.1) is 0 Å². The van der Waals surface area contributed by atoms with Crippen molar-refractivity contribution in [2.24, 2.45) is 0 Å². The molecule has 0 saturated carbocycles. The van der Waals surface area contributed by atoms with E-state index in [-0.39, 0.29) is 0 Å². The molecule has 0 radical (unpaired) electrons. The van der Waals surface area contributed by atoms with Gasteiger partial charge in [0.1, 0.15) is 6.17 Å². The smallest absolute Gasteiger partial charge is 0.100 e. The third kappa shape index (κ3) is 11.7. The summed E-state index contributed by atoms with van der Waals surface area (Å²) in [7, 11) is 0. The third-order valence-electron chi connectivity index (χ3n) is 6.22. The highest BCUT2D eigenvalue weighted by Gasteiger charge is 2.22. The zero-order valence-electron chi connectivity index (χ0n) is 19.1. The molecular weight excluding hydrogens is 328 g/mol. The van der Waals surface area contributed by atoms with Gasteiger partial charge in [-0.2, -0.15) is 0 Å². The van der Waals surface area contributed by atoms with E-state index in [9.17, 15) is 0 Å². The monoisotopic (exact) mass is 378 g/mol. The average Bonchev–Trinajstić information content (AvgIpc) is 3.09. The molecule has 2 nitrogen and oxygen atoms in total. The normalized spacial score (nSPS) is 16.6. The van der Waals surface area contributed by atoms with E-state index in [0.717, 1.165) is 6.54 Å². The van der Waals surface area contributed by atoms with Crippen LogP contribution >= 0.6 is 0 Å². The summed E-state index contributed by atoms with van der Waals surface area (Å²) in [6.07, 6.45) is 29.6. The molecule has 0 aromatic carbocycles. The van der Waals surface area contributed by atoms with Crippen molar-refractivity contribution < 1.29 is 0 Å². The van der Waals surface area contributed by atoms with Crippen LogP contribution < -0.4 is 0 Å². The van der Waals surface area contributed by atoms with Crippen molar-refractivity contribution in [3.63, 3.8) is 0 Å². The lowest BCUT2D eigenvalue weighted by Gasteiger charge is -2.31. The van der Waals surface area contributed by atoms with E-state index in [1.54, 1.807) is 0 Å². The fourth-order valence-electron chi connectivity index (χ4n) is 4.41. The molecule has 0 aliphatic carbocycles. The summed E-state index contributed by atoms with van der Waals surface area (Å²) in [6.45, 7) is 9.23. The van der Waals surface area contributed by atoms with Gasteiger partial charge in [-0.3, -0.25) is 0 Å². The highest BCUT2D eigenvalue weighted by atomic mass is 15.4. The summed E-state index contributed by atoms with van der Waals surface area (Å²) in [5, 5.41) is 0. The molecule has 0 N–H and O–H groups in total. The van der Waals surface area contributed by atoms with Crippen molar-refractivity contribution >= 4 is 0 Å². The molecule has 2 heteroatoms. The number of unbranched alkanes of at least 4 members (excludes halogenated alkanes) is 15. The molecule has 0 saturated heterocycles. The first-order chi connectivity index (χ1) is 13.3. The summed E-state index contributed by atoms with van der Waals surface area (Å²) in [6, 6.07) is 0. The minimum atomic E-state index is 0.617. The van der Waals surface area contributed by atoms with Crippen molar-refractivity contribution in [3.05, 3.63) is 12.4 Å². The highest BCUT2D eigenvalue weighted by molar-refractivity contribution is 4.95. The molecule has 1 atom stereocenters. The molecule has 160 valence electrons. The van der Waals surface area contributed by atoms with Gasteiger partial charge in [0, 0.05) is 25.5 Å². The molecule has 0 aromatic heterocycles. The van der Waals surface area contributed by atoms with Crippen LogP contribution in [0.3, 0.4) is 0 Å². The van der Waals surface area contributed by atoms with Gasteiger partial charge in [0.2, 0.25) is 0 Å². The van der Waals surface area contributed by atoms with E-state index in [0.29, 0.717) is 6.17 Å². The number of hydrogen-bond acceptors (Lipinski definition) is 2. The standard InChI is InChI=1S/C25H50N2/c1-4-7-8-9-10-11-12-13-14-15-16-17-18-19-20-21-22-27-24-23-26(6-3)25(27)5-2/h23-25H,4-22H2,1-3H3. The molecule has 1 unspecified atom stereocenters. The molecule has 1 rings (SSSR count). The zero-order valence-corrected chi connectivity index (χ0v) is 19.1. The Morgan fingerprint density at radius 3 is 1.33 bits per heavy atom. The van der Waals surface area contributed by atoms with Gasteiger partial charge in [-0.15, -0.1) is 0 Å². The first kappa shape index (κ1) is 24.4. The van der Waals surface area contributed by atoms with E-state index >= 15 is 0 Å². The Morgan fingerprint density at radius 1 is 0.519 bits per heavy atom. The van der Waals surface area contributed by atoms with Crippen molar-refractivity contribution in [1.29, 1.82) is 0 Å². The van der Waals surface area contributed by atoms with Gasteiger partial charge in [-0.1, -0.05) is 110 Å². The minimum absolute atomic E-state index is 0.617. The van der Waals surface area contributed by atoms with E-state index in [1.807, 2.05) is 0 Å². The fraction of sp³-hybridized carbons (Fsp3) is 0.920. The summed E-state index contributed by atoms with van der Waals surface area (Å²) in [4.78, 5) is 5.01. The van der Waals surface area contributed by atoms with Crippen LogP contribution in [-0.4, -0.2) is 29.1 Å². The average molecular weight is 379 g/mol. The number of hydrogen-bond donors (Lipinski definition) is 0. The Hall–Kier alpha value is -0.660. The lowest BCUT2D eigenvalue weighted by atomic mass is 10.0. The van der Waals surface area contributed by atoms with Crippen LogP contribution in [0, 0.1) is 0 Å². The lowest BCUT2D eigenvalue weighted by Crippen LogP contribution is -2.38. The Balaban J connectivity index is 1.79. The second-order valence-electron chi connectivity index (χ2n) is 8.56. The van der Waals surface area contributed by atoms with E-state index in [4.69, 9.17) is 0 Å². The summed E-state index contributed by atoms with van der Waals surface area (Å²) < 4.78 is 0. The maximum Gasteiger partial charge on any atom is 0.100 e. The number of nitrogens with zero attached hydrogens (tertiary/aromatic N) is 2. The van der Waals surface area contributed by atoms with Crippen molar-refractivity contribution in [2.45, 2.75) is 136 Å². The Morgan fingerprint density at radius 2 is 0.926 bits per heavy atom. The maximum absolute atomic E-state index is 2.55. The van der Waals surface area contributed by atoms with Crippen LogP contribution in [0.25, 0.3) is 0 Å². The summed E-state index contributed by atoms with van der Waals surface area (Å²) in [5.41, 5.74) is 0. The van der Waals surface area contributed by atoms with Crippen LogP contribution in [0.5, 0.6) is 0 Å². The SMILES string of the molecule is CCCCCCCCCCCCCCCCCCN1C=CN(CC)C1CC. The van der Waals surface area contributed by atoms with Gasteiger partial charge in [-0.25, -0.2) is 0 Å². The molecular formula is C25H50N2. The lowest BCUT2D eigenvalue weighted by molar-refractivity contribution is 0.151. The molecule has 1 aliphatic rings.